The highest BCUT2D eigenvalue weighted by Crippen LogP contribution is 2.58. The smallest absolute Gasteiger partial charge is 0.0714 e. The Balaban J connectivity index is 0.000000143. The standard InChI is InChI=1S/C69H46N2.C59H42N2/c1-5-16-47(17-6-1)48-30-37-58(38-31-48)70(59-39-32-49(33-40-59)52-36-43-66-62(45-52)61-25-13-14-27-65(61)71(66)57-23-11-4-12-24-57)60-41-34-50(35-42-60)54-44-53-29-28-51-18-15-26-63-67(51)68(53)64(46-54)69(63,55-19-7-2-8-20-55)56-21-9-3-10-22-56;1-59(2)53-18-11-14-43-20-21-45-36-46(38-54(59)58(45)57(43)53)42-26-33-50(34-27-42)60(48-29-22-40(23-30-48)39-12-5-3-6-13-39)49-31-24-41(25-32-49)44-28-35-56-52(37-44)51-17-9-10-19-55(51)61(56)47-15-7-4-8-16-47/h1-46H;3-38H,1-2H3. The van der Waals surface area contributed by atoms with Gasteiger partial charge in [0.1, 0.15) is 0 Å². The molecular formula is C128H88N4. The molecular weight excluding hydrogens is 1590 g/mol. The molecule has 0 unspecified atom stereocenters. The lowest BCUT2D eigenvalue weighted by atomic mass is 9.67. The largest absolute Gasteiger partial charge is 0.311 e. The molecule has 0 bridgehead atoms. The Morgan fingerprint density at radius 3 is 0.848 bits per heavy atom. The zero-order valence-corrected chi connectivity index (χ0v) is 73.1. The van der Waals surface area contributed by atoms with Gasteiger partial charge in [-0.2, -0.15) is 0 Å². The van der Waals surface area contributed by atoms with Crippen molar-refractivity contribution in [1.82, 2.24) is 9.13 Å². The molecule has 0 atom stereocenters. The summed E-state index contributed by atoms with van der Waals surface area (Å²) in [6, 6.07) is 183. The third-order valence-electron chi connectivity index (χ3n) is 28.2. The summed E-state index contributed by atoms with van der Waals surface area (Å²) in [7, 11) is 0. The van der Waals surface area contributed by atoms with Crippen molar-refractivity contribution < 1.29 is 0 Å². The molecule has 0 saturated heterocycles. The Bertz CT molecular complexity index is 8520. The maximum Gasteiger partial charge on any atom is 0.0714 e. The van der Waals surface area contributed by atoms with Crippen LogP contribution < -0.4 is 9.80 Å². The van der Waals surface area contributed by atoms with Gasteiger partial charge >= 0.3 is 0 Å². The van der Waals surface area contributed by atoms with Crippen molar-refractivity contribution in [2.45, 2.75) is 24.7 Å². The van der Waals surface area contributed by atoms with E-state index in [1.165, 1.54) is 193 Å². The third-order valence-corrected chi connectivity index (χ3v) is 28.2. The molecule has 620 valence electrons. The van der Waals surface area contributed by atoms with Crippen molar-refractivity contribution >= 4 is 121 Å². The number of rotatable bonds is 16. The van der Waals surface area contributed by atoms with Crippen LogP contribution in [-0.2, 0) is 10.8 Å². The zero-order valence-electron chi connectivity index (χ0n) is 73.1. The fourth-order valence-corrected chi connectivity index (χ4v) is 21.9. The minimum absolute atomic E-state index is 0.0565. The van der Waals surface area contributed by atoms with E-state index < -0.39 is 5.41 Å². The molecule has 132 heavy (non-hydrogen) atoms. The van der Waals surface area contributed by atoms with Crippen LogP contribution in [0.15, 0.2) is 497 Å². The first kappa shape index (κ1) is 77.4. The van der Waals surface area contributed by atoms with E-state index in [-0.39, 0.29) is 5.41 Å². The second kappa shape index (κ2) is 31.5. The molecule has 0 spiro atoms. The molecule has 0 radical (unpaired) electrons. The quantitative estimate of drug-likeness (QED) is 0.0897. The fraction of sp³-hybridized carbons (Fsp3) is 0.0312. The van der Waals surface area contributed by atoms with Gasteiger partial charge in [0.2, 0.25) is 0 Å². The Morgan fingerprint density at radius 2 is 0.455 bits per heavy atom. The number of nitrogens with zero attached hydrogens (tertiary/aromatic N) is 4. The number of hydrogen-bond donors (Lipinski definition) is 0. The highest BCUT2D eigenvalue weighted by molar-refractivity contribution is 6.19. The first-order valence-corrected chi connectivity index (χ1v) is 45.8. The van der Waals surface area contributed by atoms with Crippen LogP contribution in [0.3, 0.4) is 0 Å². The first-order valence-electron chi connectivity index (χ1n) is 45.8. The van der Waals surface area contributed by atoms with Crippen LogP contribution in [0.25, 0.3) is 165 Å². The summed E-state index contributed by atoms with van der Waals surface area (Å²) in [4.78, 5) is 4.75. The van der Waals surface area contributed by atoms with Gasteiger partial charge in [-0.3, -0.25) is 0 Å². The molecule has 22 aromatic carbocycles. The average Bonchev–Trinajstić information content (AvgIpc) is 1.52. The second-order valence-corrected chi connectivity index (χ2v) is 35.8. The molecule has 0 fully saturated rings. The molecule has 24 aromatic rings. The fourth-order valence-electron chi connectivity index (χ4n) is 21.9. The van der Waals surface area contributed by atoms with Gasteiger partial charge in [-0.25, -0.2) is 0 Å². The van der Waals surface area contributed by atoms with E-state index in [0.29, 0.717) is 0 Å². The van der Waals surface area contributed by atoms with E-state index in [1.807, 2.05) is 0 Å². The lowest BCUT2D eigenvalue weighted by molar-refractivity contribution is 0.663. The summed E-state index contributed by atoms with van der Waals surface area (Å²) in [5.41, 5.74) is 35.7. The van der Waals surface area contributed by atoms with Crippen LogP contribution in [-0.4, -0.2) is 9.13 Å². The van der Waals surface area contributed by atoms with Crippen LogP contribution in [0.5, 0.6) is 0 Å². The number of anilines is 6. The molecule has 0 N–H and O–H groups in total. The number of hydrogen-bond acceptors (Lipinski definition) is 2. The molecule has 26 rings (SSSR count). The van der Waals surface area contributed by atoms with E-state index >= 15 is 0 Å². The van der Waals surface area contributed by atoms with E-state index in [0.717, 1.165) is 39.8 Å². The van der Waals surface area contributed by atoms with Crippen molar-refractivity contribution in [2.75, 3.05) is 9.80 Å². The monoisotopic (exact) mass is 1680 g/mol. The number of aromatic nitrogens is 2. The molecule has 0 saturated carbocycles. The molecule has 4 heteroatoms. The number of para-hydroxylation sites is 4. The van der Waals surface area contributed by atoms with Gasteiger partial charge in [0, 0.05) is 72.5 Å². The van der Waals surface area contributed by atoms with E-state index in [4.69, 9.17) is 0 Å². The van der Waals surface area contributed by atoms with Gasteiger partial charge in [0.25, 0.3) is 0 Å². The second-order valence-electron chi connectivity index (χ2n) is 35.8. The van der Waals surface area contributed by atoms with Crippen LogP contribution in [0, 0.1) is 0 Å². The minimum Gasteiger partial charge on any atom is -0.311 e. The summed E-state index contributed by atoms with van der Waals surface area (Å²) < 4.78 is 4.74. The average molecular weight is 1680 g/mol. The van der Waals surface area contributed by atoms with Crippen molar-refractivity contribution in [3.8, 4) is 78.1 Å². The van der Waals surface area contributed by atoms with Gasteiger partial charge < -0.3 is 18.9 Å². The summed E-state index contributed by atoms with van der Waals surface area (Å²) in [6.45, 7) is 4.75. The summed E-state index contributed by atoms with van der Waals surface area (Å²) in [5.74, 6) is 0. The molecule has 4 nitrogen and oxygen atoms in total. The van der Waals surface area contributed by atoms with Gasteiger partial charge in [-0.1, -0.05) is 354 Å². The Hall–Kier alpha value is -16.9. The van der Waals surface area contributed by atoms with E-state index in [2.05, 4.69) is 530 Å². The maximum atomic E-state index is 2.48. The van der Waals surface area contributed by atoms with Crippen molar-refractivity contribution in [3.63, 3.8) is 0 Å². The normalized spacial score (nSPS) is 12.7. The van der Waals surface area contributed by atoms with Crippen LogP contribution in [0.1, 0.15) is 47.2 Å². The van der Waals surface area contributed by atoms with Gasteiger partial charge in [0.15, 0.2) is 0 Å². The number of fused-ring (bicyclic) bond motifs is 6. The lowest BCUT2D eigenvalue weighted by Crippen LogP contribution is -2.28. The first-order chi connectivity index (χ1) is 65.2. The number of benzene rings is 22. The highest BCUT2D eigenvalue weighted by atomic mass is 15.1. The summed E-state index contributed by atoms with van der Waals surface area (Å²) >= 11 is 0. The van der Waals surface area contributed by atoms with Gasteiger partial charge in [-0.15, -0.1) is 0 Å². The van der Waals surface area contributed by atoms with Crippen molar-refractivity contribution in [1.29, 1.82) is 0 Å². The van der Waals surface area contributed by atoms with Crippen LogP contribution >= 0.6 is 0 Å². The van der Waals surface area contributed by atoms with E-state index in [1.54, 1.807) is 0 Å². The predicted octanol–water partition coefficient (Wildman–Crippen LogP) is 34.5. The molecule has 2 aliphatic rings. The Morgan fingerprint density at radius 1 is 0.174 bits per heavy atom. The zero-order chi connectivity index (χ0) is 87.5. The van der Waals surface area contributed by atoms with Crippen LogP contribution in [0.2, 0.25) is 0 Å². The van der Waals surface area contributed by atoms with Gasteiger partial charge in [-0.05, 0) is 301 Å². The minimum atomic E-state index is -0.471. The van der Waals surface area contributed by atoms with E-state index in [9.17, 15) is 0 Å². The van der Waals surface area contributed by atoms with Crippen LogP contribution in [0.4, 0.5) is 34.1 Å². The topological polar surface area (TPSA) is 16.3 Å². The molecule has 2 aliphatic carbocycles. The Kier molecular flexibility index (Phi) is 18.5. The van der Waals surface area contributed by atoms with Crippen molar-refractivity contribution in [2.24, 2.45) is 0 Å². The van der Waals surface area contributed by atoms with Gasteiger partial charge in [0.05, 0.1) is 27.5 Å². The predicted molar refractivity (Wildman–Crippen MR) is 558 cm³/mol. The molecule has 0 aliphatic heterocycles. The third kappa shape index (κ3) is 12.8. The van der Waals surface area contributed by atoms with Crippen molar-refractivity contribution in [3.05, 3.63) is 531 Å². The summed E-state index contributed by atoms with van der Waals surface area (Å²) in [6.07, 6.45) is 0. The lowest BCUT2D eigenvalue weighted by Gasteiger charge is -2.34. The Labute approximate surface area is 768 Å². The SMILES string of the molecule is CC1(C)c2cccc3ccc4cc(-c5ccc(N(c6ccc(-c7ccccc7)cc6)c6ccc(-c7ccc8c(c7)c7ccccc7n8-c7ccccc7)cc6)cc5)cc1c4c23.c1ccc(-c2ccc(N(c3ccc(-c4cc5c6c(ccc7cccc(c76)C5(c5ccccc5)c5ccccc5)c4)cc3)c3ccc(-c4ccc5c(c4)c4ccccc4n5-c4ccccc4)cc3)cc2)cc1. The summed E-state index contributed by atoms with van der Waals surface area (Å²) in [5, 5.41) is 15.7. The maximum absolute atomic E-state index is 2.48. The molecule has 0 amide bonds. The molecule has 2 heterocycles. The molecule has 2 aromatic heterocycles. The highest BCUT2D eigenvalue weighted by Gasteiger charge is 2.45.